The number of hydrogen-bond donors (Lipinski definition) is 1. The molecule has 1 amide bonds. The first-order valence-corrected chi connectivity index (χ1v) is 10.8. The number of azo groups is 1. The van der Waals surface area contributed by atoms with E-state index in [4.69, 9.17) is 0 Å². The van der Waals surface area contributed by atoms with Gasteiger partial charge in [0.05, 0.1) is 28.3 Å². The molecular weight excluding hydrogens is 427 g/mol. The Morgan fingerprint density at radius 2 is 2.19 bits per heavy atom. The van der Waals surface area contributed by atoms with Gasteiger partial charge in [0, 0.05) is 29.6 Å². The second-order valence-corrected chi connectivity index (χ2v) is 8.33. The number of carbonyl (C=O) groups is 1. The summed E-state index contributed by atoms with van der Waals surface area (Å²) in [6.45, 7) is 2.31. The van der Waals surface area contributed by atoms with Crippen LogP contribution in [0.25, 0.3) is 0 Å². The number of aromatic nitrogens is 1. The van der Waals surface area contributed by atoms with Crippen molar-refractivity contribution in [3.63, 3.8) is 0 Å². The van der Waals surface area contributed by atoms with Crippen molar-refractivity contribution >= 4 is 23.1 Å². The molecular formula is C21H18F3N5OS. The minimum Gasteiger partial charge on any atom is -0.362 e. The number of rotatable bonds is 3. The van der Waals surface area contributed by atoms with Gasteiger partial charge in [-0.2, -0.15) is 23.4 Å². The van der Waals surface area contributed by atoms with Crippen molar-refractivity contribution in [2.45, 2.75) is 37.5 Å². The molecule has 0 saturated carbocycles. The zero-order valence-corrected chi connectivity index (χ0v) is 17.3. The summed E-state index contributed by atoms with van der Waals surface area (Å²) in [5.74, 6) is 0.289. The summed E-state index contributed by atoms with van der Waals surface area (Å²) in [7, 11) is 0. The first-order chi connectivity index (χ1) is 14.9. The van der Waals surface area contributed by atoms with Crippen LogP contribution in [0, 0.1) is 0 Å². The largest absolute Gasteiger partial charge is 0.416 e. The molecule has 1 aromatic heterocycles. The van der Waals surface area contributed by atoms with Crippen molar-refractivity contribution in [1.82, 2.24) is 10.3 Å². The molecule has 160 valence electrons. The Labute approximate surface area is 180 Å². The average molecular weight is 445 g/mol. The number of nitrogens with zero attached hydrogens (tertiary/aromatic N) is 4. The van der Waals surface area contributed by atoms with Crippen LogP contribution in [-0.4, -0.2) is 23.6 Å². The lowest BCUT2D eigenvalue weighted by atomic mass is 9.62. The summed E-state index contributed by atoms with van der Waals surface area (Å²) in [5, 5.41) is 13.3. The molecule has 0 fully saturated rings. The first-order valence-electron chi connectivity index (χ1n) is 9.84. The van der Waals surface area contributed by atoms with Crippen LogP contribution in [-0.2, 0) is 16.4 Å². The van der Waals surface area contributed by atoms with Crippen molar-refractivity contribution in [3.8, 4) is 0 Å². The highest BCUT2D eigenvalue weighted by Gasteiger charge is 2.53. The number of fused-ring (bicyclic) bond motifs is 1. The molecule has 0 aliphatic carbocycles. The summed E-state index contributed by atoms with van der Waals surface area (Å²) >= 11 is 1.38. The molecule has 6 nitrogen and oxygen atoms in total. The molecule has 10 heteroatoms. The average Bonchev–Trinajstić information content (AvgIpc) is 3.44. The molecule has 2 aromatic rings. The zero-order valence-electron chi connectivity index (χ0n) is 16.5. The van der Waals surface area contributed by atoms with Crippen LogP contribution in [0.2, 0.25) is 0 Å². The highest BCUT2D eigenvalue weighted by Crippen LogP contribution is 2.51. The van der Waals surface area contributed by atoms with Crippen LogP contribution in [0.3, 0.4) is 0 Å². The lowest BCUT2D eigenvalue weighted by Crippen LogP contribution is -2.54. The predicted octanol–water partition coefficient (Wildman–Crippen LogP) is 4.78. The topological polar surface area (TPSA) is 70.0 Å². The van der Waals surface area contributed by atoms with Crippen LogP contribution in [0.15, 0.2) is 68.4 Å². The van der Waals surface area contributed by atoms with E-state index in [2.05, 4.69) is 20.5 Å². The van der Waals surface area contributed by atoms with E-state index in [0.29, 0.717) is 47.6 Å². The molecule has 0 spiro atoms. The van der Waals surface area contributed by atoms with Crippen molar-refractivity contribution < 1.29 is 18.0 Å². The van der Waals surface area contributed by atoms with E-state index in [9.17, 15) is 18.0 Å². The van der Waals surface area contributed by atoms with Gasteiger partial charge in [0.25, 0.3) is 5.91 Å². The molecule has 31 heavy (non-hydrogen) atoms. The fraction of sp³-hybridized carbons (Fsp3) is 0.333. The summed E-state index contributed by atoms with van der Waals surface area (Å²) in [6, 6.07) is 5.23. The van der Waals surface area contributed by atoms with Crippen molar-refractivity contribution in [2.75, 3.05) is 11.4 Å². The standard InChI is InChI=1S/C21H18F3N5OS/c1-2-20(12-4-3-5-13(8-12)21(22,23)24)14-9-26-28-18(14)27-15-6-7-29(19(30)17(15)20)16-10-31-11-25-16/h3-5,8-11,18,27H,2,6-7H2,1H3/t18?,20-/m1/s1. The summed E-state index contributed by atoms with van der Waals surface area (Å²) < 4.78 is 40.6. The Hall–Kier alpha value is -3.01. The third-order valence-electron chi connectivity index (χ3n) is 6.16. The highest BCUT2D eigenvalue weighted by molar-refractivity contribution is 7.07. The number of benzene rings is 1. The molecule has 0 bridgehead atoms. The quantitative estimate of drug-likeness (QED) is 0.739. The third kappa shape index (κ3) is 2.92. The zero-order chi connectivity index (χ0) is 21.8. The summed E-state index contributed by atoms with van der Waals surface area (Å²) in [6.07, 6.45) is -2.50. The molecule has 2 atom stereocenters. The van der Waals surface area contributed by atoms with Gasteiger partial charge in [-0.25, -0.2) is 4.98 Å². The van der Waals surface area contributed by atoms with Gasteiger partial charge in [-0.1, -0.05) is 25.1 Å². The number of hydrogen-bond acceptors (Lipinski definition) is 6. The molecule has 3 aliphatic heterocycles. The number of carbonyl (C=O) groups excluding carboxylic acids is 1. The molecule has 4 heterocycles. The highest BCUT2D eigenvalue weighted by atomic mass is 32.1. The van der Waals surface area contributed by atoms with Gasteiger partial charge in [-0.3, -0.25) is 9.69 Å². The molecule has 5 rings (SSSR count). The Kier molecular flexibility index (Phi) is 4.51. The molecule has 0 radical (unpaired) electrons. The van der Waals surface area contributed by atoms with Gasteiger partial charge in [-0.15, -0.1) is 11.3 Å². The minimum atomic E-state index is -4.49. The number of thiazole rings is 1. The van der Waals surface area contributed by atoms with Gasteiger partial charge < -0.3 is 5.32 Å². The van der Waals surface area contributed by atoms with Crippen molar-refractivity contribution in [2.24, 2.45) is 10.2 Å². The third-order valence-corrected chi connectivity index (χ3v) is 6.73. The number of amides is 1. The predicted molar refractivity (Wildman–Crippen MR) is 109 cm³/mol. The molecule has 0 saturated heterocycles. The first kappa shape index (κ1) is 19.9. The maximum atomic E-state index is 13.8. The van der Waals surface area contributed by atoms with E-state index in [-0.39, 0.29) is 5.91 Å². The Bertz CT molecular complexity index is 1140. The number of nitrogens with one attached hydrogen (secondary N) is 1. The fourth-order valence-corrected chi connectivity index (χ4v) is 5.31. The van der Waals surface area contributed by atoms with E-state index in [1.54, 1.807) is 28.1 Å². The lowest BCUT2D eigenvalue weighted by molar-refractivity contribution is -0.137. The summed E-state index contributed by atoms with van der Waals surface area (Å²) in [5.41, 5.74) is 2.09. The maximum Gasteiger partial charge on any atom is 0.416 e. The van der Waals surface area contributed by atoms with Crippen LogP contribution in [0.4, 0.5) is 19.0 Å². The van der Waals surface area contributed by atoms with Crippen molar-refractivity contribution in [3.05, 3.63) is 69.3 Å². The second-order valence-electron chi connectivity index (χ2n) is 7.61. The molecule has 1 unspecified atom stereocenters. The summed E-state index contributed by atoms with van der Waals surface area (Å²) in [4.78, 5) is 19.6. The van der Waals surface area contributed by atoms with E-state index >= 15 is 0 Å². The number of anilines is 1. The smallest absolute Gasteiger partial charge is 0.362 e. The SMILES string of the molecule is CC[C@@]1(c2cccc(C(F)(F)F)c2)C2=CN=NC2NC2=C1C(=O)N(c1cscn1)CC2. The lowest BCUT2D eigenvalue weighted by Gasteiger charge is -2.47. The van der Waals surface area contributed by atoms with E-state index in [0.717, 1.165) is 12.1 Å². The Balaban J connectivity index is 1.73. The van der Waals surface area contributed by atoms with Gasteiger partial charge in [0.15, 0.2) is 6.17 Å². The molecule has 1 aromatic carbocycles. The van der Waals surface area contributed by atoms with Crippen LogP contribution >= 0.6 is 11.3 Å². The monoisotopic (exact) mass is 445 g/mol. The fourth-order valence-electron chi connectivity index (χ4n) is 4.77. The number of halogens is 3. The Morgan fingerprint density at radius 1 is 1.35 bits per heavy atom. The van der Waals surface area contributed by atoms with E-state index < -0.39 is 23.3 Å². The van der Waals surface area contributed by atoms with Crippen LogP contribution in [0.1, 0.15) is 30.9 Å². The van der Waals surface area contributed by atoms with E-state index in [1.165, 1.54) is 17.4 Å². The second kappa shape index (κ2) is 7.01. The van der Waals surface area contributed by atoms with Crippen LogP contribution in [0.5, 0.6) is 0 Å². The van der Waals surface area contributed by atoms with Gasteiger partial charge >= 0.3 is 6.18 Å². The van der Waals surface area contributed by atoms with Crippen LogP contribution < -0.4 is 10.2 Å². The van der Waals surface area contributed by atoms with Gasteiger partial charge in [-0.05, 0) is 18.1 Å². The van der Waals surface area contributed by atoms with Gasteiger partial charge in [0.1, 0.15) is 5.82 Å². The normalized spacial score (nSPS) is 25.3. The van der Waals surface area contributed by atoms with Crippen molar-refractivity contribution in [1.29, 1.82) is 0 Å². The Morgan fingerprint density at radius 3 is 2.90 bits per heavy atom. The van der Waals surface area contributed by atoms with E-state index in [1.807, 2.05) is 6.92 Å². The minimum absolute atomic E-state index is 0.259. The molecule has 1 N–H and O–H groups in total. The molecule has 3 aliphatic rings. The number of alkyl halides is 3. The maximum absolute atomic E-state index is 13.8. The van der Waals surface area contributed by atoms with Gasteiger partial charge in [0.2, 0.25) is 0 Å².